The first-order valence-corrected chi connectivity index (χ1v) is 37.2. The molecule has 0 heterocycles. The van der Waals surface area contributed by atoms with Crippen LogP contribution in [0.3, 0.4) is 0 Å². The Kier molecular flexibility index (Phi) is 71.2. The van der Waals surface area contributed by atoms with E-state index in [9.17, 15) is 15.0 Å². The molecule has 0 spiro atoms. The molecule has 0 aromatic heterocycles. The second kappa shape index (κ2) is 73.1. The van der Waals surface area contributed by atoms with Crippen LogP contribution in [0.15, 0.2) is 72.9 Å². The molecule has 0 radical (unpaired) electrons. The summed E-state index contributed by atoms with van der Waals surface area (Å²) >= 11 is 0. The summed E-state index contributed by atoms with van der Waals surface area (Å²) in [5, 5.41) is 23.3. The van der Waals surface area contributed by atoms with Crippen molar-refractivity contribution in [1.82, 2.24) is 5.32 Å². The molecular formula is C78H145NO3. The molecule has 480 valence electrons. The lowest BCUT2D eigenvalue weighted by Crippen LogP contribution is -2.45. The Morgan fingerprint density at radius 3 is 0.793 bits per heavy atom. The summed E-state index contributed by atoms with van der Waals surface area (Å²) in [5.41, 5.74) is 0. The third kappa shape index (κ3) is 68.6. The quantitative estimate of drug-likeness (QED) is 0.0420. The Bertz CT molecular complexity index is 1390. The molecule has 1 amide bonds. The lowest BCUT2D eigenvalue weighted by Gasteiger charge is -2.19. The van der Waals surface area contributed by atoms with Crippen molar-refractivity contribution in [2.45, 2.75) is 411 Å². The van der Waals surface area contributed by atoms with Gasteiger partial charge in [-0.2, -0.15) is 0 Å². The van der Waals surface area contributed by atoms with E-state index >= 15 is 0 Å². The normalized spacial score (nSPS) is 13.1. The topological polar surface area (TPSA) is 69.6 Å². The van der Waals surface area contributed by atoms with Crippen molar-refractivity contribution in [3.05, 3.63) is 72.9 Å². The number of nitrogens with one attached hydrogen (secondary N) is 1. The van der Waals surface area contributed by atoms with Crippen LogP contribution in [0.25, 0.3) is 0 Å². The average Bonchev–Trinajstić information content (AvgIpc) is 3.50. The van der Waals surface area contributed by atoms with Gasteiger partial charge in [-0.15, -0.1) is 0 Å². The summed E-state index contributed by atoms with van der Waals surface area (Å²) in [7, 11) is 0. The van der Waals surface area contributed by atoms with Gasteiger partial charge < -0.3 is 15.5 Å². The second-order valence-electron chi connectivity index (χ2n) is 25.3. The van der Waals surface area contributed by atoms with Crippen LogP contribution >= 0.6 is 0 Å². The minimum atomic E-state index is -0.874. The first-order chi connectivity index (χ1) is 40.7. The van der Waals surface area contributed by atoms with E-state index in [0.717, 1.165) is 51.4 Å². The van der Waals surface area contributed by atoms with Crippen LogP contribution in [-0.2, 0) is 4.79 Å². The van der Waals surface area contributed by atoms with E-state index in [1.165, 1.54) is 327 Å². The number of aliphatic hydroxyl groups is 2. The van der Waals surface area contributed by atoms with Gasteiger partial charge in [0.15, 0.2) is 0 Å². The van der Waals surface area contributed by atoms with Crippen molar-refractivity contribution in [1.29, 1.82) is 0 Å². The van der Waals surface area contributed by atoms with Gasteiger partial charge >= 0.3 is 0 Å². The molecule has 0 rings (SSSR count). The zero-order chi connectivity index (χ0) is 59.1. The summed E-state index contributed by atoms with van der Waals surface area (Å²) in [6.45, 7) is 4.32. The maximum Gasteiger partial charge on any atom is 0.220 e. The molecule has 82 heavy (non-hydrogen) atoms. The summed E-state index contributed by atoms with van der Waals surface area (Å²) < 4.78 is 0. The molecule has 4 nitrogen and oxygen atoms in total. The van der Waals surface area contributed by atoms with Crippen LogP contribution in [0.5, 0.6) is 0 Å². The molecule has 3 N–H and O–H groups in total. The monoisotopic (exact) mass is 1140 g/mol. The van der Waals surface area contributed by atoms with Crippen LogP contribution in [0.2, 0.25) is 0 Å². The number of carbonyl (C=O) groups is 1. The first-order valence-electron chi connectivity index (χ1n) is 37.2. The smallest absolute Gasteiger partial charge is 0.220 e. The Balaban J connectivity index is 3.46. The predicted octanol–water partition coefficient (Wildman–Crippen LogP) is 25.6. The number of hydrogen-bond acceptors (Lipinski definition) is 3. The number of hydrogen-bond donors (Lipinski definition) is 3. The Hall–Kier alpha value is -2.17. The summed E-state index contributed by atoms with van der Waals surface area (Å²) in [4.78, 5) is 12.5. The molecule has 0 aliphatic heterocycles. The molecule has 0 aromatic rings. The minimum absolute atomic E-state index is 0.0717. The molecule has 0 aliphatic rings. The van der Waals surface area contributed by atoms with Crippen LogP contribution in [0.1, 0.15) is 399 Å². The van der Waals surface area contributed by atoms with Crippen molar-refractivity contribution in [2.75, 3.05) is 6.61 Å². The van der Waals surface area contributed by atoms with Crippen LogP contribution in [0, 0.1) is 0 Å². The molecule has 4 heteroatoms. The zero-order valence-corrected chi connectivity index (χ0v) is 55.5. The fourth-order valence-corrected chi connectivity index (χ4v) is 11.5. The van der Waals surface area contributed by atoms with Crippen LogP contribution < -0.4 is 5.32 Å². The van der Waals surface area contributed by atoms with Crippen molar-refractivity contribution in [3.63, 3.8) is 0 Å². The third-order valence-corrected chi connectivity index (χ3v) is 17.1. The van der Waals surface area contributed by atoms with E-state index in [4.69, 9.17) is 0 Å². The van der Waals surface area contributed by atoms with Crippen LogP contribution in [0.4, 0.5) is 0 Å². The van der Waals surface area contributed by atoms with E-state index in [1.54, 1.807) is 6.08 Å². The number of rotatable bonds is 69. The van der Waals surface area contributed by atoms with Crippen molar-refractivity contribution < 1.29 is 15.0 Å². The van der Waals surface area contributed by atoms with E-state index in [1.807, 2.05) is 6.08 Å². The predicted molar refractivity (Wildman–Crippen MR) is 368 cm³/mol. The van der Waals surface area contributed by atoms with Crippen molar-refractivity contribution in [3.8, 4) is 0 Å². The summed E-state index contributed by atoms with van der Waals surface area (Å²) in [6, 6.07) is -0.649. The molecule has 0 fully saturated rings. The standard InChI is InChI=1S/C78H145NO3/c1-3-5-7-9-11-13-15-17-19-21-23-25-27-29-31-33-35-36-37-38-39-40-41-42-44-46-48-50-52-54-56-58-60-62-64-66-68-70-72-74-78(82)79-76(75-80)77(81)73-71-69-67-65-63-61-59-57-55-53-51-49-47-45-43-34-32-30-28-26-24-22-20-18-16-14-12-10-8-6-4-2/h15,17,21,23,27,29,55,57,63,65,71,73,76-77,80-81H,3-14,16,18-20,22,24-26,28,30-54,56,58-62,64,66-70,72,74-75H2,1-2H3,(H,79,82)/b17-15-,23-21-,29-27-,57-55+,65-63+,73-71+. The van der Waals surface area contributed by atoms with E-state index in [2.05, 4.69) is 79.9 Å². The molecule has 0 aliphatic carbocycles. The average molecular weight is 1150 g/mol. The molecule has 0 saturated heterocycles. The Morgan fingerprint density at radius 2 is 0.512 bits per heavy atom. The maximum absolute atomic E-state index is 12.5. The van der Waals surface area contributed by atoms with Gasteiger partial charge in [0, 0.05) is 6.42 Å². The van der Waals surface area contributed by atoms with Gasteiger partial charge in [-0.25, -0.2) is 0 Å². The van der Waals surface area contributed by atoms with Gasteiger partial charge in [-0.1, -0.05) is 382 Å². The van der Waals surface area contributed by atoms with Crippen molar-refractivity contribution in [2.24, 2.45) is 0 Å². The molecule has 2 atom stereocenters. The lowest BCUT2D eigenvalue weighted by atomic mass is 10.0. The van der Waals surface area contributed by atoms with Crippen molar-refractivity contribution >= 4 is 5.91 Å². The van der Waals surface area contributed by atoms with E-state index in [-0.39, 0.29) is 12.5 Å². The molecule has 2 unspecified atom stereocenters. The maximum atomic E-state index is 12.5. The minimum Gasteiger partial charge on any atom is -0.394 e. The molecule has 0 saturated carbocycles. The van der Waals surface area contributed by atoms with E-state index < -0.39 is 12.1 Å². The zero-order valence-electron chi connectivity index (χ0n) is 55.5. The number of unbranched alkanes of at least 4 members (excludes halogenated alkanes) is 52. The number of carbonyl (C=O) groups excluding carboxylic acids is 1. The number of allylic oxidation sites excluding steroid dienone is 11. The Morgan fingerprint density at radius 1 is 0.293 bits per heavy atom. The van der Waals surface area contributed by atoms with Crippen LogP contribution in [-0.4, -0.2) is 34.9 Å². The largest absolute Gasteiger partial charge is 0.394 e. The SMILES string of the molecule is CCCCCCC/C=C\C/C=C\C/C=C\CCCCCCCCCCCCCCCCCCCCCCCCCCC(=O)NC(CO)C(O)/C=C/CC/C=C/CC/C=C/CCCCCCCCCCCCCCCCCCCCCCC. The first kappa shape index (κ1) is 79.8. The summed E-state index contributed by atoms with van der Waals surface area (Å²) in [5.74, 6) is -0.0717. The Labute approximate surface area is 514 Å². The van der Waals surface area contributed by atoms with Gasteiger partial charge in [0.2, 0.25) is 5.91 Å². The number of amides is 1. The fraction of sp³-hybridized carbons (Fsp3) is 0.833. The highest BCUT2D eigenvalue weighted by Crippen LogP contribution is 2.19. The number of aliphatic hydroxyl groups excluding tert-OH is 2. The molecule has 0 aromatic carbocycles. The third-order valence-electron chi connectivity index (χ3n) is 17.1. The fourth-order valence-electron chi connectivity index (χ4n) is 11.5. The lowest BCUT2D eigenvalue weighted by molar-refractivity contribution is -0.123. The van der Waals surface area contributed by atoms with Gasteiger partial charge in [0.05, 0.1) is 18.8 Å². The van der Waals surface area contributed by atoms with Gasteiger partial charge in [0.1, 0.15) is 0 Å². The van der Waals surface area contributed by atoms with E-state index in [0.29, 0.717) is 6.42 Å². The highest BCUT2D eigenvalue weighted by molar-refractivity contribution is 5.76. The van der Waals surface area contributed by atoms with Gasteiger partial charge in [-0.05, 0) is 83.5 Å². The van der Waals surface area contributed by atoms with Gasteiger partial charge in [-0.3, -0.25) is 4.79 Å². The van der Waals surface area contributed by atoms with Gasteiger partial charge in [0.25, 0.3) is 0 Å². The highest BCUT2D eigenvalue weighted by Gasteiger charge is 2.18. The second-order valence-corrected chi connectivity index (χ2v) is 25.3. The summed E-state index contributed by atoms with van der Waals surface area (Å²) in [6.07, 6.45) is 106. The highest BCUT2D eigenvalue weighted by atomic mass is 16.3. The molecular weight excluding hydrogens is 999 g/mol. The molecule has 0 bridgehead atoms.